The Morgan fingerprint density at radius 2 is 1.90 bits per heavy atom. The lowest BCUT2D eigenvalue weighted by molar-refractivity contribution is -0.140. The number of nitrogens with two attached hydrogens (primary N) is 1. The van der Waals surface area contributed by atoms with E-state index in [1.165, 1.54) is 6.92 Å². The SMILES string of the molecule is CCN(CC(F)(F)F)C(=O)c1ccc(F)c(S(N)(=O)=O)c1. The molecule has 2 N–H and O–H groups in total. The van der Waals surface area contributed by atoms with Crippen LogP contribution in [-0.4, -0.2) is 38.5 Å². The van der Waals surface area contributed by atoms with E-state index < -0.39 is 44.9 Å². The predicted molar refractivity (Wildman–Crippen MR) is 65.4 cm³/mol. The van der Waals surface area contributed by atoms with E-state index in [0.29, 0.717) is 17.0 Å². The molecular formula is C11H12F4N2O3S. The molecule has 0 fully saturated rings. The van der Waals surface area contributed by atoms with Crippen LogP contribution in [0, 0.1) is 5.82 Å². The molecule has 0 atom stereocenters. The topological polar surface area (TPSA) is 80.5 Å². The number of carbonyl (C=O) groups is 1. The molecule has 0 spiro atoms. The van der Waals surface area contributed by atoms with Crippen LogP contribution in [0.3, 0.4) is 0 Å². The van der Waals surface area contributed by atoms with Crippen molar-refractivity contribution in [3.63, 3.8) is 0 Å². The Hall–Kier alpha value is -1.68. The predicted octanol–water partition coefficient (Wildman–Crippen LogP) is 1.50. The average Bonchev–Trinajstić information content (AvgIpc) is 2.33. The Kier molecular flexibility index (Phi) is 4.95. The van der Waals surface area contributed by atoms with Crippen molar-refractivity contribution in [2.45, 2.75) is 18.0 Å². The van der Waals surface area contributed by atoms with E-state index in [1.54, 1.807) is 0 Å². The molecule has 5 nitrogen and oxygen atoms in total. The number of primary sulfonamides is 1. The van der Waals surface area contributed by atoms with Gasteiger partial charge in [-0.05, 0) is 25.1 Å². The summed E-state index contributed by atoms with van der Waals surface area (Å²) in [5, 5.41) is 4.76. The van der Waals surface area contributed by atoms with Crippen molar-refractivity contribution in [3.8, 4) is 0 Å². The van der Waals surface area contributed by atoms with E-state index in [4.69, 9.17) is 5.14 Å². The van der Waals surface area contributed by atoms with Crippen molar-refractivity contribution in [2.24, 2.45) is 5.14 Å². The summed E-state index contributed by atoms with van der Waals surface area (Å²) in [5.74, 6) is -2.26. The summed E-state index contributed by atoms with van der Waals surface area (Å²) in [6.07, 6.45) is -4.60. The summed E-state index contributed by atoms with van der Waals surface area (Å²) < 4.78 is 72.6. The molecule has 1 aromatic rings. The molecule has 1 aromatic carbocycles. The van der Waals surface area contributed by atoms with Crippen LogP contribution in [0.25, 0.3) is 0 Å². The van der Waals surface area contributed by atoms with Crippen LogP contribution in [0.4, 0.5) is 17.6 Å². The molecule has 21 heavy (non-hydrogen) atoms. The number of halogens is 4. The molecule has 0 heterocycles. The van der Waals surface area contributed by atoms with E-state index in [1.807, 2.05) is 0 Å². The number of nitrogens with zero attached hydrogens (tertiary/aromatic N) is 1. The van der Waals surface area contributed by atoms with Crippen molar-refractivity contribution >= 4 is 15.9 Å². The standard InChI is InChI=1S/C11H12F4N2O3S/c1-2-17(6-11(13,14)15)10(18)7-3-4-8(12)9(5-7)21(16,19)20/h3-5H,2,6H2,1H3,(H2,16,19,20). The molecule has 0 saturated carbocycles. The van der Waals surface area contributed by atoms with Crippen molar-refractivity contribution < 1.29 is 30.8 Å². The maximum atomic E-state index is 13.3. The van der Waals surface area contributed by atoms with Crippen molar-refractivity contribution in [3.05, 3.63) is 29.6 Å². The Morgan fingerprint density at radius 3 is 2.33 bits per heavy atom. The summed E-state index contributed by atoms with van der Waals surface area (Å²) in [6, 6.07) is 2.17. The summed E-state index contributed by atoms with van der Waals surface area (Å²) in [4.78, 5) is 11.4. The van der Waals surface area contributed by atoms with Gasteiger partial charge in [-0.2, -0.15) is 13.2 Å². The highest BCUT2D eigenvalue weighted by Crippen LogP contribution is 2.20. The molecule has 0 aliphatic rings. The maximum Gasteiger partial charge on any atom is 0.406 e. The third-order valence-corrected chi connectivity index (χ3v) is 3.45. The average molecular weight is 328 g/mol. The smallest absolute Gasteiger partial charge is 0.330 e. The number of hydrogen-bond acceptors (Lipinski definition) is 3. The lowest BCUT2D eigenvalue weighted by Crippen LogP contribution is -2.38. The first-order valence-electron chi connectivity index (χ1n) is 5.64. The molecule has 0 aliphatic carbocycles. The molecular weight excluding hydrogens is 316 g/mol. The summed E-state index contributed by atoms with van der Waals surface area (Å²) >= 11 is 0. The van der Waals surface area contributed by atoms with E-state index in [9.17, 15) is 30.8 Å². The molecule has 10 heteroatoms. The van der Waals surface area contributed by atoms with Gasteiger partial charge in [0.1, 0.15) is 17.3 Å². The van der Waals surface area contributed by atoms with Crippen LogP contribution >= 0.6 is 0 Å². The van der Waals surface area contributed by atoms with Crippen molar-refractivity contribution in [2.75, 3.05) is 13.1 Å². The minimum atomic E-state index is -4.60. The quantitative estimate of drug-likeness (QED) is 0.851. The first-order chi connectivity index (χ1) is 9.45. The Morgan fingerprint density at radius 1 is 1.33 bits per heavy atom. The molecule has 0 bridgehead atoms. The lowest BCUT2D eigenvalue weighted by Gasteiger charge is -2.22. The zero-order chi connectivity index (χ0) is 16.4. The minimum absolute atomic E-state index is 0.250. The second-order valence-corrected chi connectivity index (χ2v) is 5.65. The largest absolute Gasteiger partial charge is 0.406 e. The van der Waals surface area contributed by atoms with Gasteiger partial charge >= 0.3 is 6.18 Å². The summed E-state index contributed by atoms with van der Waals surface area (Å²) in [6.45, 7) is -0.418. The highest BCUT2D eigenvalue weighted by molar-refractivity contribution is 7.89. The van der Waals surface area contributed by atoms with Crippen LogP contribution in [0.15, 0.2) is 23.1 Å². The molecule has 1 amide bonds. The summed E-state index contributed by atoms with van der Waals surface area (Å²) in [5.41, 5.74) is -0.397. The van der Waals surface area contributed by atoms with Crippen molar-refractivity contribution in [1.29, 1.82) is 0 Å². The molecule has 0 aliphatic heterocycles. The first-order valence-corrected chi connectivity index (χ1v) is 7.18. The fraction of sp³-hybridized carbons (Fsp3) is 0.364. The van der Waals surface area contributed by atoms with E-state index in [0.717, 1.165) is 6.07 Å². The van der Waals surface area contributed by atoms with Gasteiger partial charge in [0, 0.05) is 12.1 Å². The number of rotatable bonds is 4. The van der Waals surface area contributed by atoms with Crippen LogP contribution in [0.5, 0.6) is 0 Å². The number of alkyl halides is 3. The number of carbonyl (C=O) groups excluding carboxylic acids is 1. The summed E-state index contributed by atoms with van der Waals surface area (Å²) in [7, 11) is -4.43. The fourth-order valence-electron chi connectivity index (χ4n) is 1.58. The monoisotopic (exact) mass is 328 g/mol. The molecule has 0 aromatic heterocycles. The third kappa shape index (κ3) is 4.67. The lowest BCUT2D eigenvalue weighted by atomic mass is 10.2. The van der Waals surface area contributed by atoms with Crippen LogP contribution in [0.1, 0.15) is 17.3 Å². The Balaban J connectivity index is 3.19. The number of benzene rings is 1. The van der Waals surface area contributed by atoms with Gasteiger partial charge < -0.3 is 4.90 Å². The van der Waals surface area contributed by atoms with E-state index >= 15 is 0 Å². The van der Waals surface area contributed by atoms with Gasteiger partial charge in [0.25, 0.3) is 5.91 Å². The molecule has 118 valence electrons. The highest BCUT2D eigenvalue weighted by atomic mass is 32.2. The fourth-order valence-corrected chi connectivity index (χ4v) is 2.21. The zero-order valence-corrected chi connectivity index (χ0v) is 11.6. The molecule has 0 saturated heterocycles. The second kappa shape index (κ2) is 5.98. The molecule has 0 unspecified atom stereocenters. The van der Waals surface area contributed by atoms with Crippen molar-refractivity contribution in [1.82, 2.24) is 4.90 Å². The van der Waals surface area contributed by atoms with Crippen LogP contribution in [-0.2, 0) is 10.0 Å². The third-order valence-electron chi connectivity index (χ3n) is 2.52. The van der Waals surface area contributed by atoms with Crippen LogP contribution < -0.4 is 5.14 Å². The minimum Gasteiger partial charge on any atom is -0.330 e. The highest BCUT2D eigenvalue weighted by Gasteiger charge is 2.33. The van der Waals surface area contributed by atoms with Gasteiger partial charge in [-0.3, -0.25) is 4.79 Å². The number of amides is 1. The number of hydrogen-bond donors (Lipinski definition) is 1. The van der Waals surface area contributed by atoms with Gasteiger partial charge in [-0.15, -0.1) is 0 Å². The van der Waals surface area contributed by atoms with Gasteiger partial charge in [0.2, 0.25) is 10.0 Å². The molecule has 1 rings (SSSR count). The van der Waals surface area contributed by atoms with Crippen LogP contribution in [0.2, 0.25) is 0 Å². The normalized spacial score (nSPS) is 12.3. The van der Waals surface area contributed by atoms with E-state index in [2.05, 4.69) is 0 Å². The van der Waals surface area contributed by atoms with Gasteiger partial charge in [0.05, 0.1) is 0 Å². The Bertz CT molecular complexity index is 643. The van der Waals surface area contributed by atoms with Gasteiger partial charge in [-0.1, -0.05) is 0 Å². The Labute approximate surface area is 118 Å². The molecule has 0 radical (unpaired) electrons. The second-order valence-electron chi connectivity index (χ2n) is 4.12. The zero-order valence-electron chi connectivity index (χ0n) is 10.8. The van der Waals surface area contributed by atoms with Gasteiger partial charge in [-0.25, -0.2) is 17.9 Å². The van der Waals surface area contributed by atoms with E-state index in [-0.39, 0.29) is 6.54 Å². The van der Waals surface area contributed by atoms with Gasteiger partial charge in [0.15, 0.2) is 0 Å². The number of sulfonamides is 1. The first kappa shape index (κ1) is 17.4. The maximum absolute atomic E-state index is 13.3.